The molecule has 0 heterocycles. The lowest BCUT2D eigenvalue weighted by atomic mass is 10.1. The number of rotatable bonds is 5. The van der Waals surface area contributed by atoms with E-state index in [1.165, 1.54) is 5.69 Å². The summed E-state index contributed by atoms with van der Waals surface area (Å²) in [7, 11) is 0. The first-order valence-corrected chi connectivity index (χ1v) is 8.55. The van der Waals surface area contributed by atoms with E-state index in [-0.39, 0.29) is 5.91 Å². The monoisotopic (exact) mass is 408 g/mol. The molecule has 22 heavy (non-hydrogen) atoms. The van der Waals surface area contributed by atoms with Gasteiger partial charge in [0.05, 0.1) is 0 Å². The molecule has 2 rings (SSSR count). The van der Waals surface area contributed by atoms with Crippen molar-refractivity contribution in [2.24, 2.45) is 0 Å². The fourth-order valence-corrected chi connectivity index (χ4v) is 2.94. The quantitative estimate of drug-likeness (QED) is 0.728. The molecule has 0 aliphatic rings. The average molecular weight is 408 g/mol. The lowest BCUT2D eigenvalue weighted by Crippen LogP contribution is -2.22. The number of hydrogen-bond acceptors (Lipinski definition) is 2. The molecule has 0 bridgehead atoms. The van der Waals surface area contributed by atoms with E-state index in [0.717, 1.165) is 27.9 Å². The van der Waals surface area contributed by atoms with Crippen LogP contribution in [0.5, 0.6) is 0 Å². The smallest absolute Gasteiger partial charge is 0.255 e. The summed E-state index contributed by atoms with van der Waals surface area (Å²) < 4.78 is 1.05. The Bertz CT molecular complexity index is 666. The number of halogens is 1. The van der Waals surface area contributed by atoms with Gasteiger partial charge in [-0.15, -0.1) is 0 Å². The van der Waals surface area contributed by atoms with Gasteiger partial charge in [0.2, 0.25) is 0 Å². The molecule has 2 aromatic carbocycles. The Morgan fingerprint density at radius 1 is 1.14 bits per heavy atom. The third-order valence-electron chi connectivity index (χ3n) is 3.67. The lowest BCUT2D eigenvalue weighted by molar-refractivity contribution is 0.102. The minimum atomic E-state index is -0.0720. The van der Waals surface area contributed by atoms with Crippen LogP contribution in [0.3, 0.4) is 0 Å². The topological polar surface area (TPSA) is 32.3 Å². The molecule has 4 heteroatoms. The Labute approximate surface area is 145 Å². The normalized spacial score (nSPS) is 10.4. The summed E-state index contributed by atoms with van der Waals surface area (Å²) in [5.41, 5.74) is 3.80. The van der Waals surface area contributed by atoms with E-state index in [0.29, 0.717) is 5.56 Å². The third kappa shape index (κ3) is 4.00. The summed E-state index contributed by atoms with van der Waals surface area (Å²) >= 11 is 2.21. The highest BCUT2D eigenvalue weighted by Gasteiger charge is 2.09. The number of carbonyl (C=O) groups excluding carboxylic acids is 1. The number of nitrogens with one attached hydrogen (secondary N) is 1. The van der Waals surface area contributed by atoms with Crippen molar-refractivity contribution in [1.29, 1.82) is 0 Å². The van der Waals surface area contributed by atoms with E-state index < -0.39 is 0 Å². The molecule has 1 amide bonds. The molecule has 0 unspecified atom stereocenters. The van der Waals surface area contributed by atoms with Crippen LogP contribution in [0.2, 0.25) is 0 Å². The van der Waals surface area contributed by atoms with E-state index in [2.05, 4.69) is 58.8 Å². The zero-order chi connectivity index (χ0) is 16.1. The van der Waals surface area contributed by atoms with Crippen LogP contribution in [0.25, 0.3) is 0 Å². The maximum atomic E-state index is 12.3. The molecule has 116 valence electrons. The van der Waals surface area contributed by atoms with Gasteiger partial charge in [-0.05, 0) is 85.3 Å². The molecule has 0 aliphatic carbocycles. The second-order valence-corrected chi connectivity index (χ2v) is 6.38. The van der Waals surface area contributed by atoms with Crippen LogP contribution in [-0.2, 0) is 0 Å². The first kappa shape index (κ1) is 16.8. The molecular formula is C18H21IN2O. The highest BCUT2D eigenvalue weighted by atomic mass is 127. The van der Waals surface area contributed by atoms with Crippen LogP contribution in [0.4, 0.5) is 11.4 Å². The predicted molar refractivity (Wildman–Crippen MR) is 102 cm³/mol. The van der Waals surface area contributed by atoms with Gasteiger partial charge in [0.15, 0.2) is 0 Å². The summed E-state index contributed by atoms with van der Waals surface area (Å²) in [4.78, 5) is 14.6. The Balaban J connectivity index is 2.18. The van der Waals surface area contributed by atoms with Gasteiger partial charge < -0.3 is 10.2 Å². The van der Waals surface area contributed by atoms with Crippen LogP contribution >= 0.6 is 22.6 Å². The van der Waals surface area contributed by atoms with E-state index >= 15 is 0 Å². The van der Waals surface area contributed by atoms with E-state index in [1.807, 2.05) is 37.3 Å². The van der Waals surface area contributed by atoms with Crippen molar-refractivity contribution in [1.82, 2.24) is 0 Å². The second-order valence-electron chi connectivity index (χ2n) is 5.14. The van der Waals surface area contributed by atoms with Crippen molar-refractivity contribution in [3.63, 3.8) is 0 Å². The SMILES string of the molecule is CCN(CC)c1ccc(NC(=O)c2cccc(I)c2)c(C)c1. The van der Waals surface area contributed by atoms with Gasteiger partial charge in [-0.3, -0.25) is 4.79 Å². The fraction of sp³-hybridized carbons (Fsp3) is 0.278. The summed E-state index contributed by atoms with van der Waals surface area (Å²) in [6, 6.07) is 13.7. The van der Waals surface area contributed by atoms with Crippen molar-refractivity contribution in [2.75, 3.05) is 23.3 Å². The number of benzene rings is 2. The Hall–Kier alpha value is -1.56. The fourth-order valence-electron chi connectivity index (χ4n) is 2.40. The highest BCUT2D eigenvalue weighted by molar-refractivity contribution is 14.1. The van der Waals surface area contributed by atoms with E-state index in [4.69, 9.17) is 0 Å². The van der Waals surface area contributed by atoms with Gasteiger partial charge in [0.25, 0.3) is 5.91 Å². The van der Waals surface area contributed by atoms with Crippen molar-refractivity contribution in [3.8, 4) is 0 Å². The summed E-state index contributed by atoms with van der Waals surface area (Å²) in [5, 5.41) is 3.00. The summed E-state index contributed by atoms with van der Waals surface area (Å²) in [6.07, 6.45) is 0. The van der Waals surface area contributed by atoms with Crippen LogP contribution in [0.1, 0.15) is 29.8 Å². The van der Waals surface area contributed by atoms with Crippen LogP contribution in [-0.4, -0.2) is 19.0 Å². The minimum absolute atomic E-state index is 0.0720. The van der Waals surface area contributed by atoms with Crippen molar-refractivity contribution in [2.45, 2.75) is 20.8 Å². The first-order valence-electron chi connectivity index (χ1n) is 7.47. The Morgan fingerprint density at radius 3 is 2.45 bits per heavy atom. The highest BCUT2D eigenvalue weighted by Crippen LogP contribution is 2.23. The van der Waals surface area contributed by atoms with Crippen LogP contribution in [0, 0.1) is 10.5 Å². The zero-order valence-electron chi connectivity index (χ0n) is 13.2. The molecule has 0 aliphatic heterocycles. The average Bonchev–Trinajstić information content (AvgIpc) is 2.51. The minimum Gasteiger partial charge on any atom is -0.372 e. The number of amides is 1. The van der Waals surface area contributed by atoms with Crippen LogP contribution in [0.15, 0.2) is 42.5 Å². The molecule has 0 atom stereocenters. The predicted octanol–water partition coefficient (Wildman–Crippen LogP) is 4.70. The molecule has 0 saturated carbocycles. The van der Waals surface area contributed by atoms with Gasteiger partial charge in [-0.2, -0.15) is 0 Å². The number of aryl methyl sites for hydroxylation is 1. The molecule has 1 N–H and O–H groups in total. The number of nitrogens with zero attached hydrogens (tertiary/aromatic N) is 1. The van der Waals surface area contributed by atoms with Gasteiger partial charge in [-0.25, -0.2) is 0 Å². The summed E-state index contributed by atoms with van der Waals surface area (Å²) in [5.74, 6) is -0.0720. The van der Waals surface area contributed by atoms with Crippen molar-refractivity contribution < 1.29 is 4.79 Å². The first-order chi connectivity index (χ1) is 10.5. The van der Waals surface area contributed by atoms with E-state index in [9.17, 15) is 4.79 Å². The largest absolute Gasteiger partial charge is 0.372 e. The molecule has 0 aromatic heterocycles. The lowest BCUT2D eigenvalue weighted by Gasteiger charge is -2.22. The summed E-state index contributed by atoms with van der Waals surface area (Å²) in [6.45, 7) is 8.27. The molecule has 2 aromatic rings. The Morgan fingerprint density at radius 2 is 1.86 bits per heavy atom. The van der Waals surface area contributed by atoms with Crippen molar-refractivity contribution in [3.05, 3.63) is 57.2 Å². The van der Waals surface area contributed by atoms with Gasteiger partial charge >= 0.3 is 0 Å². The molecular weight excluding hydrogens is 387 g/mol. The van der Waals surface area contributed by atoms with E-state index in [1.54, 1.807) is 0 Å². The maximum Gasteiger partial charge on any atom is 0.255 e. The molecule has 3 nitrogen and oxygen atoms in total. The molecule has 0 radical (unpaired) electrons. The number of anilines is 2. The van der Waals surface area contributed by atoms with Crippen LogP contribution < -0.4 is 10.2 Å². The maximum absolute atomic E-state index is 12.3. The Kier molecular flexibility index (Phi) is 5.83. The number of hydrogen-bond donors (Lipinski definition) is 1. The third-order valence-corrected chi connectivity index (χ3v) is 4.34. The zero-order valence-corrected chi connectivity index (χ0v) is 15.3. The standard InChI is InChI=1S/C18H21IN2O/c1-4-21(5-2)16-9-10-17(13(3)11-16)20-18(22)14-7-6-8-15(19)12-14/h6-12H,4-5H2,1-3H3,(H,20,22). The van der Waals surface area contributed by atoms with Gasteiger partial charge in [-0.1, -0.05) is 6.07 Å². The van der Waals surface area contributed by atoms with Crippen molar-refractivity contribution >= 4 is 39.9 Å². The molecule has 0 fully saturated rings. The molecule has 0 spiro atoms. The number of carbonyl (C=O) groups is 1. The van der Waals surface area contributed by atoms with Gasteiger partial charge in [0, 0.05) is 33.6 Å². The van der Waals surface area contributed by atoms with Gasteiger partial charge in [0.1, 0.15) is 0 Å². The molecule has 0 saturated heterocycles. The second kappa shape index (κ2) is 7.63.